The lowest BCUT2D eigenvalue weighted by atomic mass is 9.69. The molecule has 0 spiro atoms. The monoisotopic (exact) mass is 765 g/mol. The summed E-state index contributed by atoms with van der Waals surface area (Å²) in [7, 11) is 1.70. The highest BCUT2D eigenvalue weighted by Gasteiger charge is 2.42. The number of aliphatic imine (C=N–C) groups is 1. The first-order valence-electron chi connectivity index (χ1n) is 20.6. The number of nitrogens with two attached hydrogens (primary N) is 2. The minimum Gasteiger partial charge on any atom is -0.508 e. The van der Waals surface area contributed by atoms with Crippen molar-refractivity contribution in [3.63, 3.8) is 0 Å². The van der Waals surface area contributed by atoms with Gasteiger partial charge < -0.3 is 45.7 Å². The molecule has 7 N–H and O–H groups in total. The summed E-state index contributed by atoms with van der Waals surface area (Å²) in [5.41, 5.74) is 18.5. The molecule has 1 fully saturated rings. The number of aliphatic hydroxyl groups excluding tert-OH is 2. The molecule has 2 heterocycles. The number of aliphatic hydroxyl groups is 2. The average molecular weight is 766 g/mol. The van der Waals surface area contributed by atoms with E-state index in [1.165, 1.54) is 5.56 Å². The fraction of sp³-hybridized carbons (Fsp3) is 0.543. The fourth-order valence-electron chi connectivity index (χ4n) is 9.74. The molecule has 0 radical (unpaired) electrons. The van der Waals surface area contributed by atoms with Crippen molar-refractivity contribution in [2.75, 3.05) is 20.3 Å². The van der Waals surface area contributed by atoms with Crippen molar-refractivity contribution >= 4 is 5.96 Å². The van der Waals surface area contributed by atoms with Crippen molar-refractivity contribution in [2.24, 2.45) is 40.1 Å². The number of rotatable bonds is 12. The minimum atomic E-state index is -0.836. The number of hydrogen-bond donors (Lipinski definition) is 5. The van der Waals surface area contributed by atoms with E-state index in [4.69, 9.17) is 30.4 Å². The number of methoxy groups -OCH3 is 1. The largest absolute Gasteiger partial charge is 0.508 e. The Hall–Kier alpha value is -4.59. The van der Waals surface area contributed by atoms with Crippen LogP contribution >= 0.6 is 0 Å². The van der Waals surface area contributed by atoms with Gasteiger partial charge in [-0.25, -0.2) is 0 Å². The van der Waals surface area contributed by atoms with Crippen LogP contribution in [0.4, 0.5) is 0 Å². The van der Waals surface area contributed by atoms with Crippen LogP contribution < -0.4 is 30.4 Å². The topological polar surface area (TPSA) is 162 Å². The minimum absolute atomic E-state index is 0.00103. The number of fused-ring (bicyclic) bond motifs is 7. The first kappa shape index (κ1) is 39.6. The molecule has 3 aromatic rings. The molecule has 0 bridgehead atoms. The zero-order valence-corrected chi connectivity index (χ0v) is 33.4. The number of phenols is 1. The SMILES string of the molecule is CCCCC[C@@H]1Cc2cc(O)c(CC(C)C)cc2-c2c(OC)cc3c(c21)C[C@@H](O)[C@H](c1ccc2c(c1)O[C@H]1[C@H](CC#CO2)CC[C@H](CO)[C@H]1CCN=C(N)N)O3. The second kappa shape index (κ2) is 17.3. The third kappa shape index (κ3) is 8.12. The van der Waals surface area contributed by atoms with Gasteiger partial charge in [-0.05, 0) is 108 Å². The van der Waals surface area contributed by atoms with E-state index >= 15 is 0 Å². The van der Waals surface area contributed by atoms with E-state index in [0.717, 1.165) is 90.5 Å². The predicted molar refractivity (Wildman–Crippen MR) is 218 cm³/mol. The van der Waals surface area contributed by atoms with Gasteiger partial charge in [0.15, 0.2) is 17.5 Å². The summed E-state index contributed by atoms with van der Waals surface area (Å²) in [5, 5.41) is 33.5. The van der Waals surface area contributed by atoms with Crippen LogP contribution in [0.25, 0.3) is 11.1 Å². The molecule has 0 aromatic heterocycles. The molecule has 0 saturated heterocycles. The molecule has 10 nitrogen and oxygen atoms in total. The van der Waals surface area contributed by atoms with Gasteiger partial charge in [-0.2, -0.15) is 0 Å². The molecular formula is C46H59N3O7. The third-order valence-electron chi connectivity index (χ3n) is 12.4. The second-order valence-electron chi connectivity index (χ2n) is 16.7. The highest BCUT2D eigenvalue weighted by molar-refractivity contribution is 5.83. The number of guanidine groups is 1. The van der Waals surface area contributed by atoms with E-state index in [-0.39, 0.29) is 42.3 Å². The van der Waals surface area contributed by atoms with Crippen LogP contribution in [0, 0.1) is 35.7 Å². The number of aromatic hydroxyl groups is 1. The summed E-state index contributed by atoms with van der Waals surface area (Å²) in [5.74, 6) is 6.81. The van der Waals surface area contributed by atoms with E-state index in [0.29, 0.717) is 54.7 Å². The Labute approximate surface area is 331 Å². The van der Waals surface area contributed by atoms with Gasteiger partial charge in [0.05, 0.1) is 13.2 Å². The molecule has 2 aliphatic carbocycles. The Morgan fingerprint density at radius 3 is 2.61 bits per heavy atom. The Morgan fingerprint density at radius 2 is 1.86 bits per heavy atom. The molecule has 7 atom stereocenters. The van der Waals surface area contributed by atoms with Crippen molar-refractivity contribution in [3.8, 4) is 51.9 Å². The van der Waals surface area contributed by atoms with E-state index in [1.807, 2.05) is 30.3 Å². The van der Waals surface area contributed by atoms with E-state index in [2.05, 4.69) is 43.9 Å². The number of unbranched alkanes of at least 4 members (excludes halogenated alkanes) is 2. The lowest BCUT2D eigenvalue weighted by Gasteiger charge is -2.42. The van der Waals surface area contributed by atoms with Gasteiger partial charge in [0.2, 0.25) is 0 Å². The number of ether oxygens (including phenoxy) is 4. The predicted octanol–water partition coefficient (Wildman–Crippen LogP) is 7.31. The first-order valence-corrected chi connectivity index (χ1v) is 20.6. The summed E-state index contributed by atoms with van der Waals surface area (Å²) < 4.78 is 25.8. The summed E-state index contributed by atoms with van der Waals surface area (Å²) in [4.78, 5) is 4.24. The van der Waals surface area contributed by atoms with Gasteiger partial charge >= 0.3 is 0 Å². The third-order valence-corrected chi connectivity index (χ3v) is 12.4. The Bertz CT molecular complexity index is 1980. The summed E-state index contributed by atoms with van der Waals surface area (Å²) in [6, 6.07) is 11.8. The normalized spacial score (nSPS) is 24.7. The standard InChI is InChI=1S/C46H59N3O7/c1-5-6-7-9-28-19-31-21-36(51)32(18-26(2)3)20-34(31)43-41(53-4)24-39-35(42(28)43)23-37(52)45(55-39)29-13-14-38-40(22-29)56-44-27(10-8-17-54-38)11-12-30(25-50)33(44)15-16-49-46(47)48/h13-14,20-22,24,26-28,30,33,37,44-45,50-52H,5-7,9-12,15-16,18-19,23,25H2,1-4H3,(H4,47,48,49)/t27-,28-,30-,33-,37-,44+,45+/m1/s1. The molecule has 4 aliphatic rings. The smallest absolute Gasteiger partial charge is 0.185 e. The quantitative estimate of drug-likeness (QED) is 0.0551. The summed E-state index contributed by atoms with van der Waals surface area (Å²) >= 11 is 0. The van der Waals surface area contributed by atoms with Crippen LogP contribution in [0.15, 0.2) is 41.4 Å². The molecule has 10 heteroatoms. The lowest BCUT2D eigenvalue weighted by Crippen LogP contribution is -2.44. The van der Waals surface area contributed by atoms with Gasteiger partial charge in [0.1, 0.15) is 35.6 Å². The maximum Gasteiger partial charge on any atom is 0.185 e. The Morgan fingerprint density at radius 1 is 1.02 bits per heavy atom. The maximum absolute atomic E-state index is 12.0. The maximum atomic E-state index is 12.0. The van der Waals surface area contributed by atoms with Gasteiger partial charge in [0, 0.05) is 55.0 Å². The van der Waals surface area contributed by atoms with Gasteiger partial charge in [-0.3, -0.25) is 4.99 Å². The second-order valence-corrected chi connectivity index (χ2v) is 16.7. The molecule has 7 rings (SSSR count). The Kier molecular flexibility index (Phi) is 12.2. The van der Waals surface area contributed by atoms with E-state index < -0.39 is 12.2 Å². The zero-order chi connectivity index (χ0) is 39.5. The van der Waals surface area contributed by atoms with Crippen LogP contribution in [0.5, 0.6) is 28.7 Å². The van der Waals surface area contributed by atoms with Crippen LogP contribution in [0.1, 0.15) is 112 Å². The summed E-state index contributed by atoms with van der Waals surface area (Å²) in [6.07, 6.45) is 10.5. The molecule has 1 saturated carbocycles. The van der Waals surface area contributed by atoms with Gasteiger partial charge in [-0.15, -0.1) is 0 Å². The lowest BCUT2D eigenvalue weighted by molar-refractivity contribution is -0.0157. The van der Waals surface area contributed by atoms with Gasteiger partial charge in [-0.1, -0.05) is 52.0 Å². The fourth-order valence-corrected chi connectivity index (χ4v) is 9.74. The van der Waals surface area contributed by atoms with Crippen molar-refractivity contribution in [2.45, 2.75) is 116 Å². The van der Waals surface area contributed by atoms with E-state index in [1.54, 1.807) is 7.11 Å². The average Bonchev–Trinajstić information content (AvgIpc) is 3.26. The Balaban J connectivity index is 1.25. The molecule has 56 heavy (non-hydrogen) atoms. The number of phenolic OH excluding ortho intramolecular Hbond substituents is 1. The van der Waals surface area contributed by atoms with Crippen molar-refractivity contribution in [1.29, 1.82) is 0 Å². The number of nitrogens with zero attached hydrogens (tertiary/aromatic N) is 1. The first-order chi connectivity index (χ1) is 27.1. The van der Waals surface area contributed by atoms with Gasteiger partial charge in [0.25, 0.3) is 0 Å². The van der Waals surface area contributed by atoms with Crippen molar-refractivity contribution in [3.05, 3.63) is 64.2 Å². The molecule has 0 unspecified atom stereocenters. The highest BCUT2D eigenvalue weighted by atomic mass is 16.5. The van der Waals surface area contributed by atoms with Crippen LogP contribution in [-0.2, 0) is 19.3 Å². The number of hydrogen-bond acceptors (Lipinski definition) is 8. The number of benzene rings is 3. The molecule has 0 amide bonds. The molecule has 2 aliphatic heterocycles. The van der Waals surface area contributed by atoms with Crippen LogP contribution in [0.2, 0.25) is 0 Å². The highest BCUT2D eigenvalue weighted by Crippen LogP contribution is 2.54. The summed E-state index contributed by atoms with van der Waals surface area (Å²) in [6.45, 7) is 7.03. The molecule has 3 aromatic carbocycles. The molecule has 300 valence electrons. The van der Waals surface area contributed by atoms with Crippen molar-refractivity contribution in [1.82, 2.24) is 0 Å². The van der Waals surface area contributed by atoms with Crippen LogP contribution in [0.3, 0.4) is 0 Å². The van der Waals surface area contributed by atoms with E-state index in [9.17, 15) is 15.3 Å². The van der Waals surface area contributed by atoms with Crippen LogP contribution in [-0.4, -0.2) is 53.7 Å². The molecular weight excluding hydrogens is 707 g/mol. The zero-order valence-electron chi connectivity index (χ0n) is 33.4. The van der Waals surface area contributed by atoms with Crippen molar-refractivity contribution < 1.29 is 34.3 Å².